The van der Waals surface area contributed by atoms with Gasteiger partial charge in [0.2, 0.25) is 0 Å². The average Bonchev–Trinajstić information content (AvgIpc) is 2.80. The van der Waals surface area contributed by atoms with Gasteiger partial charge in [-0.1, -0.05) is 15.9 Å². The van der Waals surface area contributed by atoms with E-state index >= 15 is 0 Å². The van der Waals surface area contributed by atoms with Crippen LogP contribution in [0.2, 0.25) is 0 Å². The summed E-state index contributed by atoms with van der Waals surface area (Å²) in [4.78, 5) is 6.95. The molecule has 2 aromatic rings. The molecule has 0 fully saturated rings. The normalized spacial score (nSPS) is 10.6. The molecule has 0 aliphatic heterocycles. The second-order valence-electron chi connectivity index (χ2n) is 3.54. The molecule has 6 heteroatoms. The highest BCUT2D eigenvalue weighted by molar-refractivity contribution is 9.10. The van der Waals surface area contributed by atoms with E-state index in [0.717, 1.165) is 5.82 Å². The quantitative estimate of drug-likeness (QED) is 0.834. The lowest BCUT2D eigenvalue weighted by Crippen LogP contribution is -2.07. The maximum Gasteiger partial charge on any atom is 0.132 e. The zero-order valence-corrected chi connectivity index (χ0v) is 11.1. The second-order valence-corrected chi connectivity index (χ2v) is 4.46. The van der Waals surface area contributed by atoms with Gasteiger partial charge in [-0.3, -0.25) is 0 Å². The summed E-state index contributed by atoms with van der Waals surface area (Å²) in [6.07, 6.45) is 3.40. The van der Waals surface area contributed by atoms with Gasteiger partial charge < -0.3 is 14.5 Å². The van der Waals surface area contributed by atoms with E-state index in [0.29, 0.717) is 30.0 Å². The Morgan fingerprint density at radius 2 is 2.17 bits per heavy atom. The molecule has 0 amide bonds. The fourth-order valence-electron chi connectivity index (χ4n) is 1.38. The summed E-state index contributed by atoms with van der Waals surface area (Å²) < 4.78 is 24.4. The Hall–Kier alpha value is -1.40. The minimum absolute atomic E-state index is 0.337. The summed E-state index contributed by atoms with van der Waals surface area (Å²) in [5.74, 6) is 0.905. The van der Waals surface area contributed by atoms with Crippen LogP contribution in [0.4, 0.5) is 4.39 Å². The number of nitrogens with zero attached hydrogens (tertiary/aromatic N) is 1. The minimum Gasteiger partial charge on any atom is -0.491 e. The summed E-state index contributed by atoms with van der Waals surface area (Å²) in [6.45, 7) is 1.18. The van der Waals surface area contributed by atoms with E-state index in [9.17, 15) is 4.39 Å². The number of benzene rings is 1. The first-order valence-corrected chi connectivity index (χ1v) is 6.18. The SMILES string of the molecule is Fc1cc(Br)cc(OCCOCc2ncc[nH]2)c1. The van der Waals surface area contributed by atoms with Crippen molar-refractivity contribution in [3.05, 3.63) is 46.7 Å². The van der Waals surface area contributed by atoms with Crippen molar-refractivity contribution in [1.29, 1.82) is 0 Å². The van der Waals surface area contributed by atoms with Crippen LogP contribution in [0.25, 0.3) is 0 Å². The molecule has 0 spiro atoms. The molecule has 18 heavy (non-hydrogen) atoms. The van der Waals surface area contributed by atoms with Gasteiger partial charge in [0.25, 0.3) is 0 Å². The molecule has 0 atom stereocenters. The van der Waals surface area contributed by atoms with Crippen molar-refractivity contribution in [3.63, 3.8) is 0 Å². The summed E-state index contributed by atoms with van der Waals surface area (Å²) >= 11 is 3.20. The summed E-state index contributed by atoms with van der Waals surface area (Å²) in [5, 5.41) is 0. The average molecular weight is 315 g/mol. The topological polar surface area (TPSA) is 47.1 Å². The zero-order chi connectivity index (χ0) is 12.8. The van der Waals surface area contributed by atoms with E-state index in [1.165, 1.54) is 12.1 Å². The van der Waals surface area contributed by atoms with Gasteiger partial charge in [0, 0.05) is 22.9 Å². The third-order valence-corrected chi connectivity index (χ3v) is 2.58. The predicted octanol–water partition coefficient (Wildman–Crippen LogP) is 2.91. The zero-order valence-electron chi connectivity index (χ0n) is 9.53. The maximum absolute atomic E-state index is 13.0. The molecular weight excluding hydrogens is 303 g/mol. The van der Waals surface area contributed by atoms with Crippen molar-refractivity contribution < 1.29 is 13.9 Å². The van der Waals surface area contributed by atoms with E-state index in [1.54, 1.807) is 18.5 Å². The van der Waals surface area contributed by atoms with Gasteiger partial charge in [0.15, 0.2) is 0 Å². The highest BCUT2D eigenvalue weighted by atomic mass is 79.9. The molecule has 0 aliphatic rings. The maximum atomic E-state index is 13.0. The van der Waals surface area contributed by atoms with Gasteiger partial charge in [0.1, 0.15) is 30.6 Å². The fourth-order valence-corrected chi connectivity index (χ4v) is 1.82. The number of halogens is 2. The van der Waals surface area contributed by atoms with Crippen molar-refractivity contribution in [2.45, 2.75) is 6.61 Å². The number of hydrogen-bond acceptors (Lipinski definition) is 3. The summed E-state index contributed by atoms with van der Waals surface area (Å²) in [7, 11) is 0. The van der Waals surface area contributed by atoms with Gasteiger partial charge in [-0.05, 0) is 12.1 Å². The first kappa shape index (κ1) is 13.0. The van der Waals surface area contributed by atoms with Crippen LogP contribution in [0.1, 0.15) is 5.82 Å². The van der Waals surface area contributed by atoms with E-state index in [2.05, 4.69) is 25.9 Å². The monoisotopic (exact) mass is 314 g/mol. The van der Waals surface area contributed by atoms with E-state index in [1.807, 2.05) is 0 Å². The van der Waals surface area contributed by atoms with Crippen molar-refractivity contribution in [1.82, 2.24) is 9.97 Å². The van der Waals surface area contributed by atoms with Crippen molar-refractivity contribution in [2.24, 2.45) is 0 Å². The van der Waals surface area contributed by atoms with Gasteiger partial charge in [-0.2, -0.15) is 0 Å². The van der Waals surface area contributed by atoms with Gasteiger partial charge >= 0.3 is 0 Å². The molecule has 4 nitrogen and oxygen atoms in total. The molecule has 1 aromatic carbocycles. The Labute approximate surface area is 112 Å². The van der Waals surface area contributed by atoms with Crippen LogP contribution in [0.15, 0.2) is 35.1 Å². The number of H-pyrrole nitrogens is 1. The highest BCUT2D eigenvalue weighted by Crippen LogP contribution is 2.20. The van der Waals surface area contributed by atoms with Crippen LogP contribution in [0.3, 0.4) is 0 Å². The second kappa shape index (κ2) is 6.51. The van der Waals surface area contributed by atoms with Crippen LogP contribution in [0.5, 0.6) is 5.75 Å². The van der Waals surface area contributed by atoms with E-state index < -0.39 is 0 Å². The Morgan fingerprint density at radius 3 is 2.89 bits per heavy atom. The molecule has 0 radical (unpaired) electrons. The molecule has 0 saturated carbocycles. The molecule has 96 valence electrons. The third-order valence-electron chi connectivity index (χ3n) is 2.13. The van der Waals surface area contributed by atoms with Crippen LogP contribution in [-0.2, 0) is 11.3 Å². The third kappa shape index (κ3) is 4.12. The molecule has 2 rings (SSSR count). The van der Waals surface area contributed by atoms with E-state index in [-0.39, 0.29) is 5.82 Å². The largest absolute Gasteiger partial charge is 0.491 e. The number of aromatic amines is 1. The molecule has 1 aromatic heterocycles. The number of rotatable bonds is 6. The number of nitrogens with one attached hydrogen (secondary N) is 1. The first-order chi connectivity index (χ1) is 8.74. The highest BCUT2D eigenvalue weighted by Gasteiger charge is 2.00. The smallest absolute Gasteiger partial charge is 0.132 e. The molecule has 0 unspecified atom stereocenters. The molecule has 1 N–H and O–H groups in total. The lowest BCUT2D eigenvalue weighted by Gasteiger charge is -2.07. The van der Waals surface area contributed by atoms with Crippen LogP contribution in [0, 0.1) is 5.82 Å². The standard InChI is InChI=1S/C12H12BrFN2O2/c13-9-5-10(14)7-11(6-9)18-4-3-17-8-12-15-1-2-16-12/h1-2,5-7H,3-4,8H2,(H,15,16). The van der Waals surface area contributed by atoms with Crippen molar-refractivity contribution in [3.8, 4) is 5.75 Å². The number of imidazole rings is 1. The van der Waals surface area contributed by atoms with Gasteiger partial charge in [-0.25, -0.2) is 9.37 Å². The number of ether oxygens (including phenoxy) is 2. The minimum atomic E-state index is -0.337. The predicted molar refractivity (Wildman–Crippen MR) is 67.8 cm³/mol. The summed E-state index contributed by atoms with van der Waals surface area (Å²) in [6, 6.07) is 4.41. The lowest BCUT2D eigenvalue weighted by molar-refractivity contribution is 0.0851. The van der Waals surface area contributed by atoms with Crippen molar-refractivity contribution in [2.75, 3.05) is 13.2 Å². The lowest BCUT2D eigenvalue weighted by atomic mass is 10.3. The molecule has 0 bridgehead atoms. The Bertz CT molecular complexity index is 471. The number of aromatic nitrogens is 2. The Kier molecular flexibility index (Phi) is 4.72. The van der Waals surface area contributed by atoms with Crippen molar-refractivity contribution >= 4 is 15.9 Å². The molecule has 0 saturated heterocycles. The Morgan fingerprint density at radius 1 is 1.28 bits per heavy atom. The number of hydrogen-bond donors (Lipinski definition) is 1. The fraction of sp³-hybridized carbons (Fsp3) is 0.250. The first-order valence-electron chi connectivity index (χ1n) is 5.39. The molecule has 1 heterocycles. The van der Waals surface area contributed by atoms with E-state index in [4.69, 9.17) is 9.47 Å². The summed E-state index contributed by atoms with van der Waals surface area (Å²) in [5.41, 5.74) is 0. The molecule has 0 aliphatic carbocycles. The van der Waals surface area contributed by atoms with Crippen LogP contribution in [-0.4, -0.2) is 23.2 Å². The molecular formula is C12H12BrFN2O2. The van der Waals surface area contributed by atoms with Gasteiger partial charge in [-0.15, -0.1) is 0 Å². The van der Waals surface area contributed by atoms with Crippen LogP contribution >= 0.6 is 15.9 Å². The van der Waals surface area contributed by atoms with Gasteiger partial charge in [0.05, 0.1) is 6.61 Å². The Balaban J connectivity index is 1.68. The van der Waals surface area contributed by atoms with Crippen LogP contribution < -0.4 is 4.74 Å².